The van der Waals surface area contributed by atoms with Crippen molar-refractivity contribution >= 4 is 23.5 Å². The van der Waals surface area contributed by atoms with Gasteiger partial charge in [0.25, 0.3) is 11.4 Å². The molecule has 0 saturated heterocycles. The summed E-state index contributed by atoms with van der Waals surface area (Å²) in [4.78, 5) is 6.71. The van der Waals surface area contributed by atoms with E-state index in [1.54, 1.807) is 36.4 Å². The zero-order chi connectivity index (χ0) is 28.0. The molecular formula is C27H13F3N4O4S. The van der Waals surface area contributed by atoms with Crippen molar-refractivity contribution < 1.29 is 31.5 Å². The van der Waals surface area contributed by atoms with Gasteiger partial charge in [-0.15, -0.1) is 11.3 Å². The standard InChI is InChI=1S/C27H13F3N4O4S/c1-33-16(13-31)5-3-7-18-9-11-20(36-18)25-23-24(38-22(15-35-23)27(28,29)30)26(39-25)21-12-10-19(37-21)8-4-6-17(14-32)34-2/h3-12,22H,15H2/b7-3+,8-4+,16-5-,17-6+. The van der Waals surface area contributed by atoms with E-state index >= 15 is 0 Å². The van der Waals surface area contributed by atoms with Gasteiger partial charge in [0.1, 0.15) is 39.4 Å². The quantitative estimate of drug-likeness (QED) is 0.179. The van der Waals surface area contributed by atoms with Gasteiger partial charge in [0.05, 0.1) is 25.3 Å². The Labute approximate surface area is 223 Å². The molecule has 1 unspecified atom stereocenters. The first-order chi connectivity index (χ1) is 18.8. The fourth-order valence-electron chi connectivity index (χ4n) is 3.26. The van der Waals surface area contributed by atoms with Crippen molar-refractivity contribution in [2.45, 2.75) is 12.3 Å². The van der Waals surface area contributed by atoms with Crippen molar-refractivity contribution in [1.82, 2.24) is 0 Å². The van der Waals surface area contributed by atoms with Crippen molar-refractivity contribution in [2.24, 2.45) is 0 Å². The lowest BCUT2D eigenvalue weighted by molar-refractivity contribution is -0.207. The van der Waals surface area contributed by atoms with E-state index in [1.165, 1.54) is 36.5 Å². The van der Waals surface area contributed by atoms with E-state index in [4.69, 9.17) is 42.0 Å². The first-order valence-corrected chi connectivity index (χ1v) is 11.6. The maximum absolute atomic E-state index is 13.4. The smallest absolute Gasteiger partial charge is 0.428 e. The Morgan fingerprint density at radius 3 is 1.87 bits per heavy atom. The number of furan rings is 2. The number of hydrogen-bond donors (Lipinski definition) is 0. The summed E-state index contributed by atoms with van der Waals surface area (Å²) in [6.07, 6.45) is 1.70. The van der Waals surface area contributed by atoms with Gasteiger partial charge < -0.3 is 18.3 Å². The maximum atomic E-state index is 13.4. The van der Waals surface area contributed by atoms with Crippen LogP contribution in [0.4, 0.5) is 13.2 Å². The summed E-state index contributed by atoms with van der Waals surface area (Å²) in [5.74, 6) is 1.14. The zero-order valence-corrected chi connectivity index (χ0v) is 20.3. The third-order valence-electron chi connectivity index (χ3n) is 5.03. The number of hydrogen-bond acceptors (Lipinski definition) is 7. The van der Waals surface area contributed by atoms with Crippen LogP contribution in [0.5, 0.6) is 11.5 Å². The third-order valence-corrected chi connectivity index (χ3v) is 6.21. The maximum Gasteiger partial charge on any atom is 0.428 e. The molecule has 12 heteroatoms. The molecule has 0 spiro atoms. The number of alkyl halides is 3. The SMILES string of the molecule is [C-]#[N+]/C(C#N)=C\C=C\c1ccc(-c2sc(-c3ccc(/C=C/C=C(\C#N)[N+]#[C-])o3)c3c2OCC(C(F)(F)F)O3)o1. The largest absolute Gasteiger partial charge is 0.484 e. The van der Waals surface area contributed by atoms with Crippen molar-refractivity contribution in [2.75, 3.05) is 6.61 Å². The molecule has 3 aromatic rings. The fourth-order valence-corrected chi connectivity index (χ4v) is 4.36. The van der Waals surface area contributed by atoms with E-state index in [0.29, 0.717) is 22.2 Å². The molecule has 4 heterocycles. The van der Waals surface area contributed by atoms with E-state index in [2.05, 4.69) is 9.69 Å². The van der Waals surface area contributed by atoms with E-state index in [1.807, 2.05) is 0 Å². The van der Waals surface area contributed by atoms with Crippen LogP contribution in [0, 0.1) is 35.8 Å². The Morgan fingerprint density at radius 2 is 1.41 bits per heavy atom. The number of nitrogens with zero attached hydrogens (tertiary/aromatic N) is 4. The lowest BCUT2D eigenvalue weighted by atomic mass is 10.2. The lowest BCUT2D eigenvalue weighted by Gasteiger charge is -2.27. The molecule has 8 nitrogen and oxygen atoms in total. The molecule has 39 heavy (non-hydrogen) atoms. The lowest BCUT2D eigenvalue weighted by Crippen LogP contribution is -2.41. The number of ether oxygens (including phenoxy) is 2. The Bertz CT molecular complexity index is 1660. The number of halogens is 3. The molecule has 4 rings (SSSR count). The van der Waals surface area contributed by atoms with Crippen LogP contribution in [0.2, 0.25) is 0 Å². The van der Waals surface area contributed by atoms with E-state index < -0.39 is 18.9 Å². The molecule has 0 saturated carbocycles. The van der Waals surface area contributed by atoms with Gasteiger partial charge in [0, 0.05) is 0 Å². The van der Waals surface area contributed by atoms with E-state index in [0.717, 1.165) is 11.3 Å². The van der Waals surface area contributed by atoms with Crippen LogP contribution in [-0.4, -0.2) is 18.9 Å². The summed E-state index contributed by atoms with van der Waals surface area (Å²) in [6, 6.07) is 9.79. The van der Waals surface area contributed by atoms with Crippen molar-refractivity contribution in [1.29, 1.82) is 10.5 Å². The van der Waals surface area contributed by atoms with Crippen molar-refractivity contribution in [3.05, 3.63) is 94.3 Å². The molecule has 0 radical (unpaired) electrons. The minimum Gasteiger partial charge on any atom is -0.484 e. The molecule has 0 N–H and O–H groups in total. The van der Waals surface area contributed by atoms with Crippen LogP contribution in [0.1, 0.15) is 11.5 Å². The first kappa shape index (κ1) is 26.6. The van der Waals surface area contributed by atoms with Gasteiger partial charge >= 0.3 is 6.18 Å². The fraction of sp³-hybridized carbons (Fsp3) is 0.111. The second kappa shape index (κ2) is 11.3. The molecule has 0 amide bonds. The Morgan fingerprint density at radius 1 is 0.897 bits per heavy atom. The third kappa shape index (κ3) is 5.94. The molecule has 1 atom stereocenters. The number of nitriles is 2. The molecular weight excluding hydrogens is 533 g/mol. The highest BCUT2D eigenvalue weighted by molar-refractivity contribution is 7.19. The van der Waals surface area contributed by atoms with Crippen LogP contribution < -0.4 is 9.47 Å². The second-order valence-electron chi connectivity index (χ2n) is 7.55. The second-order valence-corrected chi connectivity index (χ2v) is 8.57. The van der Waals surface area contributed by atoms with Gasteiger partial charge in [-0.1, -0.05) is 12.2 Å². The first-order valence-electron chi connectivity index (χ1n) is 10.8. The summed E-state index contributed by atoms with van der Waals surface area (Å²) in [6.45, 7) is 13.0. The molecule has 0 bridgehead atoms. The van der Waals surface area contributed by atoms with Gasteiger partial charge in [0.15, 0.2) is 11.5 Å². The number of thiophene rings is 1. The predicted molar refractivity (Wildman–Crippen MR) is 134 cm³/mol. The minimum atomic E-state index is -4.66. The molecule has 1 aliphatic rings. The van der Waals surface area contributed by atoms with Gasteiger partial charge in [-0.05, 0) is 48.6 Å². The molecule has 192 valence electrons. The summed E-state index contributed by atoms with van der Waals surface area (Å²) < 4.78 is 62.8. The van der Waals surface area contributed by atoms with Crippen molar-refractivity contribution in [3.8, 4) is 44.9 Å². The highest BCUT2D eigenvalue weighted by Crippen LogP contribution is 2.55. The van der Waals surface area contributed by atoms with Crippen LogP contribution >= 0.6 is 11.3 Å². The average Bonchev–Trinajstić information content (AvgIpc) is 3.67. The molecule has 1 aliphatic heterocycles. The average molecular weight is 546 g/mol. The van der Waals surface area contributed by atoms with Crippen molar-refractivity contribution in [3.63, 3.8) is 0 Å². The number of fused-ring (bicyclic) bond motifs is 1. The van der Waals surface area contributed by atoms with E-state index in [9.17, 15) is 13.2 Å². The molecule has 0 fully saturated rings. The topological polar surface area (TPSA) is 101 Å². The van der Waals surface area contributed by atoms with Gasteiger partial charge in [0.2, 0.25) is 6.10 Å². The zero-order valence-electron chi connectivity index (χ0n) is 19.5. The number of allylic oxidation sites excluding steroid dienone is 6. The minimum absolute atomic E-state index is 0.0761. The highest BCUT2D eigenvalue weighted by atomic mass is 32.1. The summed E-state index contributed by atoms with van der Waals surface area (Å²) in [5.41, 5.74) is -0.236. The van der Waals surface area contributed by atoms with Gasteiger partial charge in [-0.25, -0.2) is 20.2 Å². The molecule has 0 aromatic carbocycles. The number of rotatable bonds is 6. The molecule has 0 aliphatic carbocycles. The summed E-state index contributed by atoms with van der Waals surface area (Å²) >= 11 is 1.05. The Kier molecular flexibility index (Phi) is 7.72. The Balaban J connectivity index is 1.71. The summed E-state index contributed by atoms with van der Waals surface area (Å²) in [7, 11) is 0. The molecule has 3 aromatic heterocycles. The van der Waals surface area contributed by atoms with Crippen LogP contribution in [0.15, 0.2) is 68.8 Å². The van der Waals surface area contributed by atoms with Gasteiger partial charge in [-0.2, -0.15) is 13.2 Å². The van der Waals surface area contributed by atoms with Crippen LogP contribution in [0.25, 0.3) is 43.1 Å². The normalized spacial score (nSPS) is 15.6. The highest BCUT2D eigenvalue weighted by Gasteiger charge is 2.47. The van der Waals surface area contributed by atoms with Crippen LogP contribution in [-0.2, 0) is 0 Å². The Hall–Kier alpha value is -5.43. The van der Waals surface area contributed by atoms with Gasteiger partial charge in [-0.3, -0.25) is 0 Å². The van der Waals surface area contributed by atoms with Crippen LogP contribution in [0.3, 0.4) is 0 Å². The predicted octanol–water partition coefficient (Wildman–Crippen LogP) is 7.65. The summed E-state index contributed by atoms with van der Waals surface area (Å²) in [5, 5.41) is 17.6. The van der Waals surface area contributed by atoms with E-state index in [-0.39, 0.29) is 33.5 Å². The monoisotopic (exact) mass is 546 g/mol.